The molecule has 1 unspecified atom stereocenters. The van der Waals surface area contributed by atoms with Crippen molar-refractivity contribution < 1.29 is 19.1 Å². The predicted molar refractivity (Wildman–Crippen MR) is 158 cm³/mol. The van der Waals surface area contributed by atoms with Crippen LogP contribution in [-0.4, -0.2) is 87.8 Å². The molecule has 0 saturated carbocycles. The molecular weight excluding hydrogens is 538 g/mol. The lowest BCUT2D eigenvalue weighted by Crippen LogP contribution is -2.41. The fourth-order valence-corrected chi connectivity index (χ4v) is 5.41. The molecule has 0 radical (unpaired) electrons. The minimum absolute atomic E-state index is 0.0769. The third kappa shape index (κ3) is 5.81. The fraction of sp³-hybridized carbons (Fsp3) is 0.379. The van der Waals surface area contributed by atoms with Gasteiger partial charge in [0, 0.05) is 43.6 Å². The Morgan fingerprint density at radius 2 is 1.79 bits per heavy atom. The van der Waals surface area contributed by atoms with Gasteiger partial charge in [-0.1, -0.05) is 0 Å². The van der Waals surface area contributed by atoms with Crippen LogP contribution in [0, 0.1) is 0 Å². The summed E-state index contributed by atoms with van der Waals surface area (Å²) in [5.74, 6) is 1.39. The van der Waals surface area contributed by atoms with Crippen LogP contribution in [0.25, 0.3) is 22.4 Å². The molecule has 2 N–H and O–H groups in total. The largest absolute Gasteiger partial charge is 0.453 e. The van der Waals surface area contributed by atoms with Crippen LogP contribution >= 0.6 is 0 Å². The van der Waals surface area contributed by atoms with Crippen LogP contribution in [0.3, 0.4) is 0 Å². The summed E-state index contributed by atoms with van der Waals surface area (Å²) in [7, 11) is 1.40. The van der Waals surface area contributed by atoms with Crippen molar-refractivity contribution in [3.63, 3.8) is 0 Å². The number of ether oxygens (including phenoxy) is 2. The van der Waals surface area contributed by atoms with E-state index in [1.54, 1.807) is 29.4 Å². The highest BCUT2D eigenvalue weighted by Gasteiger charge is 2.28. The summed E-state index contributed by atoms with van der Waals surface area (Å²) in [6, 6.07) is 10.7. The lowest BCUT2D eigenvalue weighted by atomic mass is 10.1. The van der Waals surface area contributed by atoms with E-state index in [0.717, 1.165) is 35.3 Å². The van der Waals surface area contributed by atoms with E-state index in [-0.39, 0.29) is 24.3 Å². The van der Waals surface area contributed by atoms with Crippen molar-refractivity contribution in [2.24, 2.45) is 0 Å². The Bertz CT molecular complexity index is 1550. The molecule has 42 heavy (non-hydrogen) atoms. The minimum Gasteiger partial charge on any atom is -0.453 e. The SMILES string of the molecule is COC(=O)N1CCC(n2ncc3c(N4CCOC(C)C4)nc(-c4ccc(NC(=O)Nc5cccnc5)cc4)nc32)CC1. The Morgan fingerprint density at radius 3 is 2.50 bits per heavy atom. The van der Waals surface area contributed by atoms with Gasteiger partial charge >= 0.3 is 12.1 Å². The van der Waals surface area contributed by atoms with Crippen molar-refractivity contribution in [1.82, 2.24) is 29.6 Å². The van der Waals surface area contributed by atoms with E-state index in [9.17, 15) is 9.59 Å². The summed E-state index contributed by atoms with van der Waals surface area (Å²) >= 11 is 0. The van der Waals surface area contributed by atoms with Crippen LogP contribution in [0.5, 0.6) is 0 Å². The molecule has 218 valence electrons. The summed E-state index contributed by atoms with van der Waals surface area (Å²) in [6.45, 7) is 5.28. The van der Waals surface area contributed by atoms with Crippen molar-refractivity contribution >= 4 is 40.4 Å². The van der Waals surface area contributed by atoms with Crippen molar-refractivity contribution in [3.05, 3.63) is 55.0 Å². The van der Waals surface area contributed by atoms with Gasteiger partial charge in [0.15, 0.2) is 11.5 Å². The lowest BCUT2D eigenvalue weighted by molar-refractivity contribution is 0.0530. The second-order valence-corrected chi connectivity index (χ2v) is 10.4. The first kappa shape index (κ1) is 27.4. The number of likely N-dealkylation sites (tertiary alicyclic amines) is 1. The van der Waals surface area contributed by atoms with Crippen LogP contribution in [0.15, 0.2) is 55.0 Å². The molecule has 2 saturated heterocycles. The monoisotopic (exact) mass is 571 g/mol. The molecule has 4 aromatic rings. The number of nitrogens with one attached hydrogen (secondary N) is 2. The first-order valence-corrected chi connectivity index (χ1v) is 14.0. The lowest BCUT2D eigenvalue weighted by Gasteiger charge is -2.33. The maximum atomic E-state index is 12.4. The average Bonchev–Trinajstić information content (AvgIpc) is 3.45. The first-order chi connectivity index (χ1) is 20.5. The molecule has 0 spiro atoms. The molecule has 0 bridgehead atoms. The van der Waals surface area contributed by atoms with Gasteiger partial charge in [-0.15, -0.1) is 0 Å². The van der Waals surface area contributed by atoms with E-state index in [1.165, 1.54) is 7.11 Å². The smallest absolute Gasteiger partial charge is 0.409 e. The number of piperidine rings is 1. The molecular formula is C29H33N9O4. The minimum atomic E-state index is -0.362. The number of benzene rings is 1. The van der Waals surface area contributed by atoms with Crippen molar-refractivity contribution in [1.29, 1.82) is 0 Å². The van der Waals surface area contributed by atoms with Gasteiger partial charge in [-0.25, -0.2) is 24.2 Å². The van der Waals surface area contributed by atoms with Crippen molar-refractivity contribution in [3.8, 4) is 11.4 Å². The molecule has 3 aromatic heterocycles. The zero-order valence-corrected chi connectivity index (χ0v) is 23.6. The van der Waals surface area contributed by atoms with E-state index in [2.05, 4.69) is 27.4 Å². The fourth-order valence-electron chi connectivity index (χ4n) is 5.41. The van der Waals surface area contributed by atoms with Gasteiger partial charge in [-0.3, -0.25) is 4.98 Å². The van der Waals surface area contributed by atoms with Gasteiger partial charge < -0.3 is 29.9 Å². The number of hydrogen-bond acceptors (Lipinski definition) is 9. The van der Waals surface area contributed by atoms with Gasteiger partial charge in [-0.2, -0.15) is 5.10 Å². The zero-order valence-electron chi connectivity index (χ0n) is 23.6. The highest BCUT2D eigenvalue weighted by Crippen LogP contribution is 2.32. The van der Waals surface area contributed by atoms with Crippen LogP contribution in [-0.2, 0) is 9.47 Å². The third-order valence-electron chi connectivity index (χ3n) is 7.54. The van der Waals surface area contributed by atoms with Gasteiger partial charge in [0.1, 0.15) is 5.82 Å². The molecule has 2 aliphatic heterocycles. The molecule has 13 heteroatoms. The Labute approximate surface area is 242 Å². The summed E-state index contributed by atoms with van der Waals surface area (Å²) < 4.78 is 12.7. The molecule has 2 aliphatic rings. The molecule has 3 amide bonds. The number of methoxy groups -OCH3 is 1. The number of nitrogens with zero attached hydrogens (tertiary/aromatic N) is 7. The number of pyridine rings is 1. The number of anilines is 3. The molecule has 1 aromatic carbocycles. The molecule has 6 rings (SSSR count). The van der Waals surface area contributed by atoms with Crippen molar-refractivity contribution in [2.75, 3.05) is 55.4 Å². The maximum absolute atomic E-state index is 12.4. The molecule has 5 heterocycles. The zero-order chi connectivity index (χ0) is 29.1. The highest BCUT2D eigenvalue weighted by molar-refractivity contribution is 5.99. The highest BCUT2D eigenvalue weighted by atomic mass is 16.5. The molecule has 0 aliphatic carbocycles. The summed E-state index contributed by atoms with van der Waals surface area (Å²) in [6.07, 6.45) is 6.33. The number of carbonyl (C=O) groups excluding carboxylic acids is 2. The van der Waals surface area contributed by atoms with Crippen LogP contribution < -0.4 is 15.5 Å². The van der Waals surface area contributed by atoms with Gasteiger partial charge in [0.05, 0.1) is 49.3 Å². The number of carbonyl (C=O) groups is 2. The van der Waals surface area contributed by atoms with Gasteiger partial charge in [0.25, 0.3) is 0 Å². The maximum Gasteiger partial charge on any atom is 0.409 e. The van der Waals surface area contributed by atoms with Crippen LogP contribution in [0.1, 0.15) is 25.8 Å². The topological polar surface area (TPSA) is 140 Å². The summed E-state index contributed by atoms with van der Waals surface area (Å²) in [5.41, 5.74) is 2.80. The summed E-state index contributed by atoms with van der Waals surface area (Å²) in [5, 5.41) is 11.2. The van der Waals surface area contributed by atoms with E-state index in [0.29, 0.717) is 50.0 Å². The Morgan fingerprint density at radius 1 is 1.00 bits per heavy atom. The molecule has 1 atom stereocenters. The number of aromatic nitrogens is 5. The Hall–Kier alpha value is -4.78. The first-order valence-electron chi connectivity index (χ1n) is 14.0. The normalized spacial score (nSPS) is 17.7. The number of fused-ring (bicyclic) bond motifs is 1. The predicted octanol–water partition coefficient (Wildman–Crippen LogP) is 4.16. The van der Waals surface area contributed by atoms with E-state index in [1.807, 2.05) is 35.1 Å². The summed E-state index contributed by atoms with van der Waals surface area (Å²) in [4.78, 5) is 42.4. The Kier molecular flexibility index (Phi) is 7.82. The van der Waals surface area contributed by atoms with Crippen LogP contribution in [0.2, 0.25) is 0 Å². The number of hydrogen-bond donors (Lipinski definition) is 2. The van der Waals surface area contributed by atoms with E-state index < -0.39 is 0 Å². The Balaban J connectivity index is 1.28. The number of urea groups is 1. The molecule has 2 fully saturated rings. The van der Waals surface area contributed by atoms with E-state index >= 15 is 0 Å². The number of morpholine rings is 1. The standard InChI is InChI=1S/C29H33N9O4/c1-19-18-37(14-15-42-19)26-24-17-31-38(23-9-12-36(13-10-23)29(40)41-2)27(24)35-25(34-26)20-5-7-21(8-6-20)32-28(39)33-22-4-3-11-30-16-22/h3-8,11,16-17,19,23H,9-10,12-15,18H2,1-2H3,(H2,32,33,39). The van der Waals surface area contributed by atoms with E-state index in [4.69, 9.17) is 24.5 Å². The van der Waals surface area contributed by atoms with Crippen molar-refractivity contribution in [2.45, 2.75) is 31.9 Å². The quantitative estimate of drug-likeness (QED) is 0.361. The molecule has 13 nitrogen and oxygen atoms in total. The van der Waals surface area contributed by atoms with Crippen LogP contribution in [0.4, 0.5) is 26.8 Å². The number of rotatable bonds is 5. The second-order valence-electron chi connectivity index (χ2n) is 10.4. The number of amides is 3. The average molecular weight is 572 g/mol. The second kappa shape index (κ2) is 12.0. The van der Waals surface area contributed by atoms with Gasteiger partial charge in [-0.05, 0) is 56.2 Å². The third-order valence-corrected chi connectivity index (χ3v) is 7.54. The van der Waals surface area contributed by atoms with Gasteiger partial charge in [0.2, 0.25) is 0 Å².